The van der Waals surface area contributed by atoms with Crippen LogP contribution in [0.3, 0.4) is 0 Å². The van der Waals surface area contributed by atoms with Crippen molar-refractivity contribution in [1.82, 2.24) is 9.88 Å². The summed E-state index contributed by atoms with van der Waals surface area (Å²) >= 11 is 0. The van der Waals surface area contributed by atoms with Crippen molar-refractivity contribution < 1.29 is 18.0 Å². The molecule has 0 aliphatic rings. The number of aromatic nitrogens is 1. The van der Waals surface area contributed by atoms with Gasteiger partial charge in [0.15, 0.2) is 0 Å². The maximum atomic E-state index is 12.1. The third-order valence-electron chi connectivity index (χ3n) is 2.77. The fourth-order valence-corrected chi connectivity index (χ4v) is 2.75. The van der Waals surface area contributed by atoms with Crippen LogP contribution in [0.5, 0.6) is 0 Å². The molecule has 0 aliphatic carbocycles. The molecule has 2 N–H and O–H groups in total. The molecule has 0 aliphatic heterocycles. The Balaban J connectivity index is 2.15. The minimum absolute atomic E-state index is 0.0541. The smallest absolute Gasteiger partial charge is 0.240 e. The molecular formula is C13H16N2O4S. The van der Waals surface area contributed by atoms with Crippen LogP contribution in [-0.4, -0.2) is 18.7 Å². The number of benzene rings is 1. The molecule has 0 fully saturated rings. The number of sulfonamides is 1. The van der Waals surface area contributed by atoms with Crippen LogP contribution in [0.4, 0.5) is 0 Å². The van der Waals surface area contributed by atoms with Gasteiger partial charge in [0.2, 0.25) is 10.0 Å². The molecule has 2 aromatic rings. The van der Waals surface area contributed by atoms with Gasteiger partial charge >= 0.3 is 0 Å². The van der Waals surface area contributed by atoms with E-state index in [0.717, 1.165) is 0 Å². The van der Waals surface area contributed by atoms with Gasteiger partial charge in [-0.1, -0.05) is 17.3 Å². The van der Waals surface area contributed by atoms with Crippen LogP contribution in [0.2, 0.25) is 0 Å². The first-order valence-electron chi connectivity index (χ1n) is 6.08. The average molecular weight is 296 g/mol. The summed E-state index contributed by atoms with van der Waals surface area (Å²) in [5.41, 5.74) is 1.06. The maximum Gasteiger partial charge on any atom is 0.240 e. The van der Waals surface area contributed by atoms with Crippen molar-refractivity contribution >= 4 is 10.0 Å². The molecule has 0 saturated heterocycles. The van der Waals surface area contributed by atoms with E-state index in [1.165, 1.54) is 12.1 Å². The summed E-state index contributed by atoms with van der Waals surface area (Å²) in [6, 6.07) is 7.85. The minimum Gasteiger partial charge on any atom is -0.389 e. The molecule has 0 amide bonds. The second-order valence-electron chi connectivity index (χ2n) is 4.50. The highest BCUT2D eigenvalue weighted by atomic mass is 32.2. The Kier molecular flexibility index (Phi) is 4.22. The molecule has 0 saturated carbocycles. The van der Waals surface area contributed by atoms with E-state index in [9.17, 15) is 13.5 Å². The molecule has 108 valence electrons. The molecule has 1 aromatic carbocycles. The first-order chi connectivity index (χ1) is 9.38. The lowest BCUT2D eigenvalue weighted by Crippen LogP contribution is -2.23. The van der Waals surface area contributed by atoms with E-state index in [1.807, 2.05) is 0 Å². The topological polar surface area (TPSA) is 92.4 Å². The van der Waals surface area contributed by atoms with Crippen molar-refractivity contribution in [3.8, 4) is 0 Å². The maximum absolute atomic E-state index is 12.1. The predicted octanol–water partition coefficient (Wildman–Crippen LogP) is 1.51. The lowest BCUT2D eigenvalue weighted by atomic mass is 10.1. The number of nitrogens with zero attached hydrogens (tertiary/aromatic N) is 1. The summed E-state index contributed by atoms with van der Waals surface area (Å²) in [6.07, 6.45) is -0.719. The van der Waals surface area contributed by atoms with E-state index in [0.29, 0.717) is 17.0 Å². The zero-order valence-electron chi connectivity index (χ0n) is 11.2. The van der Waals surface area contributed by atoms with E-state index in [4.69, 9.17) is 4.52 Å². The first kappa shape index (κ1) is 14.7. The highest BCUT2D eigenvalue weighted by molar-refractivity contribution is 7.89. The summed E-state index contributed by atoms with van der Waals surface area (Å²) < 4.78 is 31.6. The molecule has 1 unspecified atom stereocenters. The Labute approximate surface area is 117 Å². The number of hydrogen-bond donors (Lipinski definition) is 2. The molecule has 2 rings (SSSR count). The summed E-state index contributed by atoms with van der Waals surface area (Å²) in [7, 11) is -3.65. The summed E-state index contributed by atoms with van der Waals surface area (Å²) in [5.74, 6) is 0.621. The van der Waals surface area contributed by atoms with E-state index >= 15 is 0 Å². The molecule has 7 heteroatoms. The van der Waals surface area contributed by atoms with Gasteiger partial charge in [0.1, 0.15) is 5.76 Å². The van der Waals surface area contributed by atoms with Crippen molar-refractivity contribution in [2.24, 2.45) is 0 Å². The first-order valence-corrected chi connectivity index (χ1v) is 7.57. The predicted molar refractivity (Wildman–Crippen MR) is 72.3 cm³/mol. The standard InChI is InChI=1S/C13H16N2O4S/c1-9-6-12(15-19-9)8-14-20(17,18)13-5-3-4-11(7-13)10(2)16/h3-7,10,14,16H,8H2,1-2H3. The van der Waals surface area contributed by atoms with Gasteiger partial charge in [0.25, 0.3) is 0 Å². The monoisotopic (exact) mass is 296 g/mol. The van der Waals surface area contributed by atoms with Crippen LogP contribution in [0.25, 0.3) is 0 Å². The SMILES string of the molecule is Cc1cc(CNS(=O)(=O)c2cccc(C(C)O)c2)no1. The molecule has 6 nitrogen and oxygen atoms in total. The van der Waals surface area contributed by atoms with Gasteiger partial charge < -0.3 is 9.63 Å². The Morgan fingerprint density at radius 1 is 1.40 bits per heavy atom. The van der Waals surface area contributed by atoms with Crippen LogP contribution in [0, 0.1) is 6.92 Å². The van der Waals surface area contributed by atoms with Gasteiger partial charge in [0.05, 0.1) is 23.2 Å². The van der Waals surface area contributed by atoms with Crippen molar-refractivity contribution in [2.75, 3.05) is 0 Å². The second-order valence-corrected chi connectivity index (χ2v) is 6.27. The van der Waals surface area contributed by atoms with Crippen LogP contribution in [-0.2, 0) is 16.6 Å². The Bertz CT molecular complexity index is 692. The third-order valence-corrected chi connectivity index (χ3v) is 4.17. The lowest BCUT2D eigenvalue weighted by Gasteiger charge is -2.08. The average Bonchev–Trinajstić information content (AvgIpc) is 2.82. The molecular weight excluding hydrogens is 280 g/mol. The number of aliphatic hydroxyl groups excluding tert-OH is 1. The summed E-state index contributed by atoms with van der Waals surface area (Å²) in [5, 5.41) is 13.2. The molecule has 1 heterocycles. The Hall–Kier alpha value is -1.70. The van der Waals surface area contributed by atoms with Gasteiger partial charge in [-0.2, -0.15) is 0 Å². The highest BCUT2D eigenvalue weighted by Crippen LogP contribution is 2.17. The molecule has 0 spiro atoms. The molecule has 1 aromatic heterocycles. The van der Waals surface area contributed by atoms with Crippen molar-refractivity contribution in [3.05, 3.63) is 47.3 Å². The van der Waals surface area contributed by atoms with Crippen LogP contribution in [0.1, 0.15) is 30.0 Å². The normalized spacial score (nSPS) is 13.3. The van der Waals surface area contributed by atoms with Crippen molar-refractivity contribution in [2.45, 2.75) is 31.4 Å². The summed E-state index contributed by atoms with van der Waals surface area (Å²) in [4.78, 5) is 0.108. The second kappa shape index (κ2) is 5.74. The van der Waals surface area contributed by atoms with E-state index in [2.05, 4.69) is 9.88 Å². The third kappa shape index (κ3) is 3.44. The van der Waals surface area contributed by atoms with Crippen LogP contribution in [0.15, 0.2) is 39.8 Å². The largest absolute Gasteiger partial charge is 0.389 e. The molecule has 1 atom stereocenters. The van der Waals surface area contributed by atoms with E-state index < -0.39 is 16.1 Å². The van der Waals surface area contributed by atoms with Gasteiger partial charge in [-0.25, -0.2) is 13.1 Å². The van der Waals surface area contributed by atoms with Gasteiger partial charge in [0, 0.05) is 6.07 Å². The molecule has 0 radical (unpaired) electrons. The van der Waals surface area contributed by atoms with Gasteiger partial charge in [-0.3, -0.25) is 0 Å². The number of aryl methyl sites for hydroxylation is 1. The fraction of sp³-hybridized carbons (Fsp3) is 0.308. The van der Waals surface area contributed by atoms with E-state index in [1.54, 1.807) is 32.0 Å². The number of aliphatic hydroxyl groups is 1. The lowest BCUT2D eigenvalue weighted by molar-refractivity contribution is 0.199. The number of nitrogens with one attached hydrogen (secondary N) is 1. The van der Waals surface area contributed by atoms with Crippen LogP contribution < -0.4 is 4.72 Å². The Morgan fingerprint density at radius 3 is 2.75 bits per heavy atom. The Morgan fingerprint density at radius 2 is 2.15 bits per heavy atom. The highest BCUT2D eigenvalue weighted by Gasteiger charge is 2.16. The van der Waals surface area contributed by atoms with E-state index in [-0.39, 0.29) is 11.4 Å². The van der Waals surface area contributed by atoms with Crippen molar-refractivity contribution in [1.29, 1.82) is 0 Å². The fourth-order valence-electron chi connectivity index (χ4n) is 1.70. The van der Waals surface area contributed by atoms with Gasteiger partial charge in [-0.05, 0) is 31.5 Å². The zero-order chi connectivity index (χ0) is 14.8. The number of hydrogen-bond acceptors (Lipinski definition) is 5. The zero-order valence-corrected chi connectivity index (χ0v) is 12.0. The molecule has 20 heavy (non-hydrogen) atoms. The number of rotatable bonds is 5. The summed E-state index contributed by atoms with van der Waals surface area (Å²) in [6.45, 7) is 3.37. The van der Waals surface area contributed by atoms with Crippen molar-refractivity contribution in [3.63, 3.8) is 0 Å². The van der Waals surface area contributed by atoms with Gasteiger partial charge in [-0.15, -0.1) is 0 Å². The quantitative estimate of drug-likeness (QED) is 0.872. The molecule has 0 bridgehead atoms. The van der Waals surface area contributed by atoms with Crippen LogP contribution >= 0.6 is 0 Å². The minimum atomic E-state index is -3.65.